The van der Waals surface area contributed by atoms with Gasteiger partial charge in [-0.05, 0) is 12.1 Å². The van der Waals surface area contributed by atoms with Crippen molar-refractivity contribution in [2.75, 3.05) is 26.2 Å². The fourth-order valence-corrected chi connectivity index (χ4v) is 3.43. The number of aromatic amines is 1. The van der Waals surface area contributed by atoms with Gasteiger partial charge in [-0.2, -0.15) is 0 Å². The van der Waals surface area contributed by atoms with Gasteiger partial charge in [0.25, 0.3) is 11.8 Å². The highest BCUT2D eigenvalue weighted by Gasteiger charge is 2.27. The molecular formula is C19H20N4O2. The number of rotatable bonds is 2. The summed E-state index contributed by atoms with van der Waals surface area (Å²) in [6, 6.07) is 9.69. The highest BCUT2D eigenvalue weighted by molar-refractivity contribution is 6.07. The van der Waals surface area contributed by atoms with Crippen LogP contribution in [0.3, 0.4) is 0 Å². The molecule has 25 heavy (non-hydrogen) atoms. The SMILES string of the molecule is Cn1cc(C(=O)N2CCN(C(=O)c3cc[nH]c3)CC2)c2ccccc21. The standard InChI is InChI=1S/C19H20N4O2/c1-21-13-16(15-4-2-3-5-17(15)21)19(25)23-10-8-22(9-11-23)18(24)14-6-7-20-12-14/h2-7,12-13,20H,8-11H2,1H3. The van der Waals surface area contributed by atoms with Gasteiger partial charge in [0.1, 0.15) is 0 Å². The van der Waals surface area contributed by atoms with E-state index < -0.39 is 0 Å². The minimum atomic E-state index is 0.0125. The number of nitrogens with zero attached hydrogens (tertiary/aromatic N) is 3. The van der Waals surface area contributed by atoms with Gasteiger partial charge in [0.15, 0.2) is 0 Å². The van der Waals surface area contributed by atoms with Gasteiger partial charge in [-0.1, -0.05) is 18.2 Å². The summed E-state index contributed by atoms with van der Waals surface area (Å²) in [6.45, 7) is 2.22. The third-order valence-electron chi connectivity index (χ3n) is 4.83. The molecule has 2 amide bonds. The molecule has 1 N–H and O–H groups in total. The molecule has 6 heteroatoms. The van der Waals surface area contributed by atoms with Crippen LogP contribution in [0, 0.1) is 0 Å². The Morgan fingerprint density at radius 1 is 0.960 bits per heavy atom. The predicted octanol–water partition coefficient (Wildman–Crippen LogP) is 2.10. The van der Waals surface area contributed by atoms with Gasteiger partial charge < -0.3 is 19.4 Å². The lowest BCUT2D eigenvalue weighted by Gasteiger charge is -2.34. The molecule has 128 valence electrons. The van der Waals surface area contributed by atoms with Gasteiger partial charge in [-0.25, -0.2) is 0 Å². The molecule has 0 spiro atoms. The first-order chi connectivity index (χ1) is 12.1. The van der Waals surface area contributed by atoms with Gasteiger partial charge in [-0.3, -0.25) is 9.59 Å². The predicted molar refractivity (Wildman–Crippen MR) is 95.5 cm³/mol. The Balaban J connectivity index is 1.49. The van der Waals surface area contributed by atoms with Crippen LogP contribution in [0.4, 0.5) is 0 Å². The van der Waals surface area contributed by atoms with Crippen LogP contribution >= 0.6 is 0 Å². The Morgan fingerprint density at radius 2 is 1.64 bits per heavy atom. The molecule has 0 bridgehead atoms. The van der Waals surface area contributed by atoms with E-state index >= 15 is 0 Å². The molecule has 0 radical (unpaired) electrons. The number of aryl methyl sites for hydroxylation is 1. The van der Waals surface area contributed by atoms with Gasteiger partial charge in [-0.15, -0.1) is 0 Å². The monoisotopic (exact) mass is 336 g/mol. The molecule has 0 atom stereocenters. The molecule has 6 nitrogen and oxygen atoms in total. The number of benzene rings is 1. The third-order valence-corrected chi connectivity index (χ3v) is 4.83. The average Bonchev–Trinajstić information content (AvgIpc) is 3.30. The van der Waals surface area contributed by atoms with E-state index in [1.165, 1.54) is 0 Å². The maximum absolute atomic E-state index is 12.9. The number of hydrogen-bond donors (Lipinski definition) is 1. The van der Waals surface area contributed by atoms with Crippen LogP contribution in [0.5, 0.6) is 0 Å². The van der Waals surface area contributed by atoms with Gasteiger partial charge in [0.2, 0.25) is 0 Å². The number of nitrogens with one attached hydrogen (secondary N) is 1. The first kappa shape index (κ1) is 15.5. The molecule has 0 aliphatic carbocycles. The summed E-state index contributed by atoms with van der Waals surface area (Å²) >= 11 is 0. The highest BCUT2D eigenvalue weighted by Crippen LogP contribution is 2.22. The molecule has 3 aromatic rings. The van der Waals surface area contributed by atoms with Gasteiger partial charge in [0.05, 0.1) is 11.1 Å². The lowest BCUT2D eigenvalue weighted by molar-refractivity contribution is 0.0536. The lowest BCUT2D eigenvalue weighted by atomic mass is 10.1. The topological polar surface area (TPSA) is 61.3 Å². The number of carbonyl (C=O) groups is 2. The van der Waals surface area contributed by atoms with Crippen molar-refractivity contribution in [1.82, 2.24) is 19.4 Å². The number of para-hydroxylation sites is 1. The maximum Gasteiger partial charge on any atom is 0.256 e. The van der Waals surface area contributed by atoms with E-state index in [4.69, 9.17) is 0 Å². The molecule has 1 aliphatic rings. The first-order valence-electron chi connectivity index (χ1n) is 8.40. The number of carbonyl (C=O) groups excluding carboxylic acids is 2. The van der Waals surface area contributed by atoms with Crippen molar-refractivity contribution in [3.63, 3.8) is 0 Å². The van der Waals surface area contributed by atoms with E-state index in [1.807, 2.05) is 47.0 Å². The van der Waals surface area contributed by atoms with Crippen molar-refractivity contribution >= 4 is 22.7 Å². The van der Waals surface area contributed by atoms with E-state index in [1.54, 1.807) is 23.4 Å². The fourth-order valence-electron chi connectivity index (χ4n) is 3.43. The van der Waals surface area contributed by atoms with Crippen molar-refractivity contribution in [3.05, 3.63) is 60.0 Å². The van der Waals surface area contributed by atoms with E-state index in [0.29, 0.717) is 31.7 Å². The summed E-state index contributed by atoms with van der Waals surface area (Å²) in [7, 11) is 1.95. The summed E-state index contributed by atoms with van der Waals surface area (Å²) in [5, 5.41) is 0.973. The fraction of sp³-hybridized carbons (Fsp3) is 0.263. The summed E-state index contributed by atoms with van der Waals surface area (Å²) in [4.78, 5) is 31.9. The molecule has 1 aromatic carbocycles. The molecule has 0 unspecified atom stereocenters. The Hall–Kier alpha value is -3.02. The van der Waals surface area contributed by atoms with Crippen LogP contribution in [-0.2, 0) is 7.05 Å². The Kier molecular flexibility index (Phi) is 3.80. The molecule has 4 rings (SSSR count). The van der Waals surface area contributed by atoms with Crippen molar-refractivity contribution in [1.29, 1.82) is 0 Å². The average molecular weight is 336 g/mol. The molecule has 1 aliphatic heterocycles. The third kappa shape index (κ3) is 2.69. The largest absolute Gasteiger partial charge is 0.367 e. The lowest BCUT2D eigenvalue weighted by Crippen LogP contribution is -2.50. The second-order valence-electron chi connectivity index (χ2n) is 6.35. The molecule has 1 fully saturated rings. The van der Waals surface area contributed by atoms with Crippen molar-refractivity contribution in [2.24, 2.45) is 7.05 Å². The summed E-state index contributed by atoms with van der Waals surface area (Å²) in [5.74, 6) is 0.0454. The van der Waals surface area contributed by atoms with Crippen LogP contribution in [0.2, 0.25) is 0 Å². The quantitative estimate of drug-likeness (QED) is 0.779. The molecule has 0 saturated carbocycles. The van der Waals surface area contributed by atoms with Gasteiger partial charge in [0, 0.05) is 62.7 Å². The van der Waals surface area contributed by atoms with Crippen molar-refractivity contribution < 1.29 is 9.59 Å². The normalized spacial score (nSPS) is 14.9. The van der Waals surface area contributed by atoms with Crippen LogP contribution in [0.15, 0.2) is 48.9 Å². The smallest absolute Gasteiger partial charge is 0.256 e. The minimum absolute atomic E-state index is 0.0125. The van der Waals surface area contributed by atoms with Crippen LogP contribution in [0.25, 0.3) is 10.9 Å². The summed E-state index contributed by atoms with van der Waals surface area (Å²) in [5.41, 5.74) is 2.43. The number of fused-ring (bicyclic) bond motifs is 1. The number of aromatic nitrogens is 2. The molecule has 2 aromatic heterocycles. The highest BCUT2D eigenvalue weighted by atomic mass is 16.2. The minimum Gasteiger partial charge on any atom is -0.367 e. The zero-order chi connectivity index (χ0) is 17.4. The molecular weight excluding hydrogens is 316 g/mol. The molecule has 3 heterocycles. The number of H-pyrrole nitrogens is 1. The Bertz CT molecular complexity index is 918. The summed E-state index contributed by atoms with van der Waals surface area (Å²) < 4.78 is 1.98. The number of amides is 2. The van der Waals surface area contributed by atoms with Crippen molar-refractivity contribution in [2.45, 2.75) is 0 Å². The van der Waals surface area contributed by atoms with E-state index in [-0.39, 0.29) is 11.8 Å². The Labute approximate surface area is 145 Å². The first-order valence-corrected chi connectivity index (χ1v) is 8.40. The van der Waals surface area contributed by atoms with E-state index in [9.17, 15) is 9.59 Å². The maximum atomic E-state index is 12.9. The van der Waals surface area contributed by atoms with Gasteiger partial charge >= 0.3 is 0 Å². The van der Waals surface area contributed by atoms with Crippen LogP contribution in [0.1, 0.15) is 20.7 Å². The zero-order valence-corrected chi connectivity index (χ0v) is 14.1. The number of piperazine rings is 1. The molecule has 1 saturated heterocycles. The van der Waals surface area contributed by atoms with E-state index in [0.717, 1.165) is 16.5 Å². The summed E-state index contributed by atoms with van der Waals surface area (Å²) in [6.07, 6.45) is 5.34. The van der Waals surface area contributed by atoms with E-state index in [2.05, 4.69) is 4.98 Å². The number of hydrogen-bond acceptors (Lipinski definition) is 2. The Morgan fingerprint density at radius 3 is 2.32 bits per heavy atom. The zero-order valence-electron chi connectivity index (χ0n) is 14.1. The van der Waals surface area contributed by atoms with Crippen LogP contribution < -0.4 is 0 Å². The van der Waals surface area contributed by atoms with Crippen LogP contribution in [-0.4, -0.2) is 57.3 Å². The second-order valence-corrected chi connectivity index (χ2v) is 6.35. The second kappa shape index (κ2) is 6.12. The van der Waals surface area contributed by atoms with Crippen molar-refractivity contribution in [3.8, 4) is 0 Å².